The minimum absolute atomic E-state index is 0.0561. The van der Waals surface area contributed by atoms with Crippen LogP contribution >= 0.6 is 0 Å². The highest BCUT2D eigenvalue weighted by Crippen LogP contribution is 2.20. The molecule has 1 unspecified atom stereocenters. The number of benzene rings is 1. The van der Waals surface area contributed by atoms with Crippen molar-refractivity contribution in [2.75, 3.05) is 13.1 Å². The molecule has 0 bridgehead atoms. The zero-order valence-electron chi connectivity index (χ0n) is 9.48. The Balaban J connectivity index is 2.96. The van der Waals surface area contributed by atoms with Crippen LogP contribution in [0.4, 0.5) is 13.2 Å². The highest BCUT2D eigenvalue weighted by atomic mass is 19.2. The van der Waals surface area contributed by atoms with Crippen LogP contribution in [0.3, 0.4) is 0 Å². The van der Waals surface area contributed by atoms with Gasteiger partial charge in [0.15, 0.2) is 11.6 Å². The number of azide groups is 1. The van der Waals surface area contributed by atoms with Crippen molar-refractivity contribution < 1.29 is 23.1 Å². The molecule has 2 N–H and O–H groups in total. The molecule has 9 heteroatoms. The Morgan fingerprint density at radius 3 is 2.58 bits per heavy atom. The molecule has 0 aliphatic rings. The number of carboxylic acid groups (broad SMARTS) is 1. The molecule has 0 aliphatic carbocycles. The van der Waals surface area contributed by atoms with Crippen LogP contribution in [0, 0.1) is 17.5 Å². The summed E-state index contributed by atoms with van der Waals surface area (Å²) >= 11 is 0. The fraction of sp³-hybridized carbons (Fsp3) is 0.300. The van der Waals surface area contributed by atoms with E-state index in [1.54, 1.807) is 0 Å². The van der Waals surface area contributed by atoms with Crippen LogP contribution in [0.2, 0.25) is 0 Å². The molecular formula is C10H9F3N4O2. The predicted octanol–water partition coefficient (Wildman–Crippen LogP) is 2.13. The molecule has 0 spiro atoms. The van der Waals surface area contributed by atoms with Crippen LogP contribution < -0.4 is 5.32 Å². The molecule has 1 atom stereocenters. The summed E-state index contributed by atoms with van der Waals surface area (Å²) in [4.78, 5) is 13.4. The standard InChI is InChI=1S/C10H9F3N4O2/c11-6-4-8(13)7(12)3-5(6)9(10(18)19)15-1-2-16-17-14/h3-4,9,15H,1-2H2,(H,18,19). The lowest BCUT2D eigenvalue weighted by molar-refractivity contribution is -0.139. The summed E-state index contributed by atoms with van der Waals surface area (Å²) in [7, 11) is 0. The molecule has 19 heavy (non-hydrogen) atoms. The first-order valence-corrected chi connectivity index (χ1v) is 5.09. The van der Waals surface area contributed by atoms with E-state index in [2.05, 4.69) is 15.3 Å². The number of nitrogens with one attached hydrogen (secondary N) is 1. The molecule has 102 valence electrons. The number of rotatable bonds is 6. The molecule has 6 nitrogen and oxygen atoms in total. The molecule has 0 saturated carbocycles. The van der Waals surface area contributed by atoms with Crippen molar-refractivity contribution in [1.82, 2.24) is 5.32 Å². The maximum absolute atomic E-state index is 13.4. The lowest BCUT2D eigenvalue weighted by atomic mass is 10.1. The van der Waals surface area contributed by atoms with E-state index in [0.717, 1.165) is 0 Å². The Morgan fingerprint density at radius 1 is 1.37 bits per heavy atom. The molecule has 0 radical (unpaired) electrons. The van der Waals surface area contributed by atoms with Gasteiger partial charge in [-0.1, -0.05) is 5.11 Å². The summed E-state index contributed by atoms with van der Waals surface area (Å²) in [6.45, 7) is -0.120. The Kier molecular flexibility index (Phi) is 5.16. The van der Waals surface area contributed by atoms with E-state index in [1.165, 1.54) is 0 Å². The van der Waals surface area contributed by atoms with Gasteiger partial charge in [-0.25, -0.2) is 13.2 Å². The lowest BCUT2D eigenvalue weighted by Gasteiger charge is -2.15. The molecule has 1 aromatic carbocycles. The van der Waals surface area contributed by atoms with Crippen molar-refractivity contribution in [3.8, 4) is 0 Å². The van der Waals surface area contributed by atoms with Gasteiger partial charge in [-0.2, -0.15) is 0 Å². The summed E-state index contributed by atoms with van der Waals surface area (Å²) in [6, 6.07) is -0.816. The number of hydrogen-bond acceptors (Lipinski definition) is 3. The van der Waals surface area contributed by atoms with Crippen LogP contribution in [0.15, 0.2) is 17.2 Å². The zero-order valence-corrected chi connectivity index (χ0v) is 9.48. The maximum atomic E-state index is 13.4. The number of nitrogens with zero attached hydrogens (tertiary/aromatic N) is 3. The highest BCUT2D eigenvalue weighted by molar-refractivity contribution is 5.75. The molecule has 0 heterocycles. The van der Waals surface area contributed by atoms with Gasteiger partial charge in [-0.05, 0) is 11.6 Å². The first-order valence-electron chi connectivity index (χ1n) is 5.09. The topological polar surface area (TPSA) is 98.1 Å². The second-order valence-electron chi connectivity index (χ2n) is 3.47. The van der Waals surface area contributed by atoms with E-state index in [1.807, 2.05) is 0 Å². The van der Waals surface area contributed by atoms with Gasteiger partial charge < -0.3 is 10.4 Å². The second-order valence-corrected chi connectivity index (χ2v) is 3.47. The SMILES string of the molecule is [N-]=[N+]=NCCNC(C(=O)O)c1cc(F)c(F)cc1F. The maximum Gasteiger partial charge on any atom is 0.325 e. The fourth-order valence-electron chi connectivity index (χ4n) is 1.39. The van der Waals surface area contributed by atoms with Gasteiger partial charge in [0.2, 0.25) is 0 Å². The lowest BCUT2D eigenvalue weighted by Crippen LogP contribution is -2.31. The number of halogens is 3. The Morgan fingerprint density at radius 2 is 2.00 bits per heavy atom. The average Bonchev–Trinajstić information content (AvgIpc) is 2.34. The summed E-state index contributed by atoms with van der Waals surface area (Å²) in [5, 5.41) is 14.4. The third-order valence-corrected chi connectivity index (χ3v) is 2.22. The number of carboxylic acids is 1. The van der Waals surface area contributed by atoms with Crippen LogP contribution in [-0.4, -0.2) is 24.2 Å². The smallest absolute Gasteiger partial charge is 0.325 e. The van der Waals surface area contributed by atoms with E-state index >= 15 is 0 Å². The molecule has 0 aromatic heterocycles. The van der Waals surface area contributed by atoms with E-state index in [-0.39, 0.29) is 19.2 Å². The summed E-state index contributed by atoms with van der Waals surface area (Å²) < 4.78 is 39.2. The average molecular weight is 274 g/mol. The first-order chi connectivity index (χ1) is 8.97. The van der Waals surface area contributed by atoms with Gasteiger partial charge in [0.25, 0.3) is 0 Å². The van der Waals surface area contributed by atoms with Crippen molar-refractivity contribution in [3.05, 3.63) is 45.6 Å². The third kappa shape index (κ3) is 3.87. The number of aliphatic carboxylic acids is 1. The van der Waals surface area contributed by atoms with Crippen molar-refractivity contribution >= 4 is 5.97 Å². The molecule has 0 aliphatic heterocycles. The van der Waals surface area contributed by atoms with Gasteiger partial charge in [0.05, 0.1) is 0 Å². The largest absolute Gasteiger partial charge is 0.480 e. The molecule has 1 rings (SSSR count). The predicted molar refractivity (Wildman–Crippen MR) is 58.7 cm³/mol. The van der Waals surface area contributed by atoms with Crippen LogP contribution in [-0.2, 0) is 4.79 Å². The van der Waals surface area contributed by atoms with Gasteiger partial charge in [0, 0.05) is 29.6 Å². The molecule has 0 fully saturated rings. The van der Waals surface area contributed by atoms with E-state index in [4.69, 9.17) is 10.6 Å². The van der Waals surface area contributed by atoms with Crippen molar-refractivity contribution in [3.63, 3.8) is 0 Å². The minimum atomic E-state index is -1.57. The quantitative estimate of drug-likeness (QED) is 0.273. The normalized spacial score (nSPS) is 11.7. The van der Waals surface area contributed by atoms with Crippen molar-refractivity contribution in [1.29, 1.82) is 0 Å². The zero-order chi connectivity index (χ0) is 14.4. The van der Waals surface area contributed by atoms with Gasteiger partial charge >= 0.3 is 5.97 Å². The second kappa shape index (κ2) is 6.62. The van der Waals surface area contributed by atoms with E-state index in [0.29, 0.717) is 6.07 Å². The summed E-state index contributed by atoms with van der Waals surface area (Å²) in [5.74, 6) is -5.40. The Labute approximate surface area is 105 Å². The Hall–Kier alpha value is -2.25. The van der Waals surface area contributed by atoms with Gasteiger partial charge in [-0.15, -0.1) is 0 Å². The van der Waals surface area contributed by atoms with Crippen LogP contribution in [0.5, 0.6) is 0 Å². The molecular weight excluding hydrogens is 265 g/mol. The minimum Gasteiger partial charge on any atom is -0.480 e. The number of carbonyl (C=O) groups is 1. The third-order valence-electron chi connectivity index (χ3n) is 2.22. The van der Waals surface area contributed by atoms with Crippen LogP contribution in [0.25, 0.3) is 10.4 Å². The van der Waals surface area contributed by atoms with Gasteiger partial charge in [-0.3, -0.25) is 4.79 Å². The fourth-order valence-corrected chi connectivity index (χ4v) is 1.39. The van der Waals surface area contributed by atoms with E-state index < -0.39 is 35.0 Å². The monoisotopic (exact) mass is 274 g/mol. The Bertz CT molecular complexity index is 532. The van der Waals surface area contributed by atoms with Gasteiger partial charge in [0.1, 0.15) is 11.9 Å². The van der Waals surface area contributed by atoms with Crippen molar-refractivity contribution in [2.24, 2.45) is 5.11 Å². The molecule has 0 amide bonds. The molecule has 0 saturated heterocycles. The van der Waals surface area contributed by atoms with Crippen LogP contribution in [0.1, 0.15) is 11.6 Å². The van der Waals surface area contributed by atoms with Crippen molar-refractivity contribution in [2.45, 2.75) is 6.04 Å². The first kappa shape index (κ1) is 14.8. The highest BCUT2D eigenvalue weighted by Gasteiger charge is 2.24. The van der Waals surface area contributed by atoms with E-state index in [9.17, 15) is 18.0 Å². The number of hydrogen-bond donors (Lipinski definition) is 2. The molecule has 1 aromatic rings. The summed E-state index contributed by atoms with van der Waals surface area (Å²) in [5.41, 5.74) is 7.50. The summed E-state index contributed by atoms with van der Waals surface area (Å²) in [6.07, 6.45) is 0.